The van der Waals surface area contributed by atoms with Crippen LogP contribution < -0.4 is 5.32 Å². The lowest BCUT2D eigenvalue weighted by atomic mass is 10.1. The Balaban J connectivity index is 1.54. The van der Waals surface area contributed by atoms with Crippen molar-refractivity contribution in [2.45, 2.75) is 11.4 Å². The Morgan fingerprint density at radius 1 is 1.00 bits per heavy atom. The van der Waals surface area contributed by atoms with Crippen LogP contribution in [0.3, 0.4) is 0 Å². The molecule has 0 radical (unpaired) electrons. The smallest absolute Gasteiger partial charge is 0.244 e. The average Bonchev–Trinajstić information content (AvgIpc) is 3.20. The minimum absolute atomic E-state index is 0.00626. The molecule has 1 heterocycles. The molecule has 5 heteroatoms. The quantitative estimate of drug-likeness (QED) is 0.348. The molecule has 0 unspecified atom stereocenters. The lowest BCUT2D eigenvalue weighted by Crippen LogP contribution is -2.19. The number of carbonyl (C=O) groups excluding carboxylic acids is 2. The van der Waals surface area contributed by atoms with Crippen molar-refractivity contribution >= 4 is 40.9 Å². The second-order valence-corrected chi connectivity index (χ2v) is 7.83. The molecule has 0 aliphatic carbocycles. The Morgan fingerprint density at radius 2 is 1.74 bits per heavy atom. The van der Waals surface area contributed by atoms with Crippen LogP contribution in [0.15, 0.2) is 77.7 Å². The van der Waals surface area contributed by atoms with Crippen molar-refractivity contribution in [2.75, 3.05) is 6.26 Å². The second-order valence-electron chi connectivity index (χ2n) is 5.79. The number of hydrogen-bond donors (Lipinski definition) is 1. The third-order valence-corrected chi connectivity index (χ3v) is 5.73. The molecule has 0 fully saturated rings. The van der Waals surface area contributed by atoms with Crippen molar-refractivity contribution in [3.8, 4) is 0 Å². The van der Waals surface area contributed by atoms with Gasteiger partial charge in [0.15, 0.2) is 0 Å². The molecule has 0 aliphatic rings. The SMILES string of the molecule is CSc1ccc(/C=C/C(=O)NCc2ccc(C(=O)c3ccccc3)s2)cc1. The van der Waals surface area contributed by atoms with Crippen molar-refractivity contribution < 1.29 is 9.59 Å². The Labute approximate surface area is 167 Å². The zero-order valence-electron chi connectivity index (χ0n) is 14.8. The van der Waals surface area contributed by atoms with Crippen molar-refractivity contribution in [1.82, 2.24) is 5.32 Å². The minimum atomic E-state index is -0.159. The molecule has 0 spiro atoms. The fourth-order valence-electron chi connectivity index (χ4n) is 2.45. The van der Waals surface area contributed by atoms with E-state index in [1.54, 1.807) is 30.0 Å². The summed E-state index contributed by atoms with van der Waals surface area (Å²) in [5.41, 5.74) is 1.65. The molecule has 1 amide bonds. The molecule has 0 saturated heterocycles. The molecule has 3 aromatic rings. The van der Waals surface area contributed by atoms with Crippen LogP contribution in [0.5, 0.6) is 0 Å². The van der Waals surface area contributed by atoms with Crippen molar-refractivity contribution in [1.29, 1.82) is 0 Å². The van der Waals surface area contributed by atoms with Crippen LogP contribution in [0.2, 0.25) is 0 Å². The molecule has 1 N–H and O–H groups in total. The zero-order chi connectivity index (χ0) is 19.1. The van der Waals surface area contributed by atoms with Gasteiger partial charge in [0.2, 0.25) is 11.7 Å². The van der Waals surface area contributed by atoms with Gasteiger partial charge in [0.05, 0.1) is 11.4 Å². The van der Waals surface area contributed by atoms with Crippen LogP contribution in [0.4, 0.5) is 0 Å². The number of amides is 1. The van der Waals surface area contributed by atoms with Gasteiger partial charge >= 0.3 is 0 Å². The lowest BCUT2D eigenvalue weighted by molar-refractivity contribution is -0.116. The maximum atomic E-state index is 12.4. The molecule has 1 aromatic heterocycles. The molecule has 27 heavy (non-hydrogen) atoms. The number of hydrogen-bond acceptors (Lipinski definition) is 4. The molecule has 0 bridgehead atoms. The van der Waals surface area contributed by atoms with Crippen LogP contribution in [0.25, 0.3) is 6.08 Å². The van der Waals surface area contributed by atoms with E-state index in [0.29, 0.717) is 17.0 Å². The highest BCUT2D eigenvalue weighted by atomic mass is 32.2. The van der Waals surface area contributed by atoms with Crippen LogP contribution in [-0.2, 0) is 11.3 Å². The number of benzene rings is 2. The molecular weight excluding hydrogens is 374 g/mol. The predicted molar refractivity (Wildman–Crippen MR) is 113 cm³/mol. The van der Waals surface area contributed by atoms with Crippen LogP contribution in [0, 0.1) is 0 Å². The third-order valence-electron chi connectivity index (χ3n) is 3.90. The number of carbonyl (C=O) groups is 2. The summed E-state index contributed by atoms with van der Waals surface area (Å²) in [6.07, 6.45) is 5.34. The summed E-state index contributed by atoms with van der Waals surface area (Å²) in [7, 11) is 0. The summed E-state index contributed by atoms with van der Waals surface area (Å²) in [4.78, 5) is 27.2. The molecular formula is C22H19NO2S2. The molecule has 0 aliphatic heterocycles. The van der Waals surface area contributed by atoms with Crippen LogP contribution >= 0.6 is 23.1 Å². The van der Waals surface area contributed by atoms with Gasteiger partial charge < -0.3 is 5.32 Å². The number of ketones is 1. The largest absolute Gasteiger partial charge is 0.348 e. The molecule has 0 atom stereocenters. The van der Waals surface area contributed by atoms with E-state index >= 15 is 0 Å². The summed E-state index contributed by atoms with van der Waals surface area (Å²) in [6.45, 7) is 0.404. The van der Waals surface area contributed by atoms with E-state index in [4.69, 9.17) is 0 Å². The van der Waals surface area contributed by atoms with Gasteiger partial charge in [-0.3, -0.25) is 9.59 Å². The number of rotatable bonds is 7. The van der Waals surface area contributed by atoms with Gasteiger partial charge in [0.1, 0.15) is 0 Å². The van der Waals surface area contributed by atoms with Crippen LogP contribution in [0.1, 0.15) is 25.7 Å². The van der Waals surface area contributed by atoms with E-state index in [9.17, 15) is 9.59 Å². The summed E-state index contributed by atoms with van der Waals surface area (Å²) in [5.74, 6) is -0.153. The van der Waals surface area contributed by atoms with E-state index in [2.05, 4.69) is 5.32 Å². The molecule has 0 saturated carbocycles. The molecule has 136 valence electrons. The van der Waals surface area contributed by atoms with E-state index in [1.165, 1.54) is 22.3 Å². The number of nitrogens with one attached hydrogen (secondary N) is 1. The lowest BCUT2D eigenvalue weighted by Gasteiger charge is -2.00. The minimum Gasteiger partial charge on any atom is -0.348 e. The van der Waals surface area contributed by atoms with Gasteiger partial charge in [-0.1, -0.05) is 42.5 Å². The Hall–Kier alpha value is -2.63. The highest BCUT2D eigenvalue weighted by molar-refractivity contribution is 7.98. The van der Waals surface area contributed by atoms with Gasteiger partial charge in [-0.25, -0.2) is 0 Å². The Kier molecular flexibility index (Phi) is 6.63. The van der Waals surface area contributed by atoms with Gasteiger partial charge in [-0.05, 0) is 42.2 Å². The number of thiophene rings is 1. The fourth-order valence-corrected chi connectivity index (χ4v) is 3.76. The van der Waals surface area contributed by atoms with Crippen molar-refractivity contribution in [3.63, 3.8) is 0 Å². The standard InChI is InChI=1S/C22H19NO2S2/c1-26-18-10-7-16(8-11-18)9-14-21(24)23-15-19-12-13-20(27-19)22(25)17-5-3-2-4-6-17/h2-14H,15H2,1H3,(H,23,24)/b14-9+. The van der Waals surface area contributed by atoms with Crippen molar-refractivity contribution in [2.24, 2.45) is 0 Å². The first kappa shape index (κ1) is 19.1. The first-order valence-electron chi connectivity index (χ1n) is 8.44. The Bertz CT molecular complexity index is 944. The summed E-state index contributed by atoms with van der Waals surface area (Å²) in [6, 6.07) is 20.9. The maximum Gasteiger partial charge on any atom is 0.244 e. The molecule has 3 rings (SSSR count). The second kappa shape index (κ2) is 9.35. The topological polar surface area (TPSA) is 46.2 Å². The van der Waals surface area contributed by atoms with Gasteiger partial charge in [0, 0.05) is 21.4 Å². The predicted octanol–water partition coefficient (Wildman–Crippen LogP) is 5.03. The van der Waals surface area contributed by atoms with E-state index in [0.717, 1.165) is 10.4 Å². The maximum absolute atomic E-state index is 12.4. The monoisotopic (exact) mass is 393 g/mol. The van der Waals surface area contributed by atoms with E-state index < -0.39 is 0 Å². The van der Waals surface area contributed by atoms with E-state index in [-0.39, 0.29) is 11.7 Å². The van der Waals surface area contributed by atoms with Gasteiger partial charge in [-0.15, -0.1) is 23.1 Å². The molecule has 2 aromatic carbocycles. The normalized spacial score (nSPS) is 10.9. The average molecular weight is 394 g/mol. The number of thioether (sulfide) groups is 1. The third kappa shape index (κ3) is 5.42. The van der Waals surface area contributed by atoms with Crippen LogP contribution in [-0.4, -0.2) is 17.9 Å². The highest BCUT2D eigenvalue weighted by Crippen LogP contribution is 2.20. The van der Waals surface area contributed by atoms with Gasteiger partial charge in [-0.2, -0.15) is 0 Å². The van der Waals surface area contributed by atoms with E-state index in [1.807, 2.05) is 60.9 Å². The van der Waals surface area contributed by atoms with Crippen molar-refractivity contribution in [3.05, 3.63) is 93.7 Å². The molecule has 3 nitrogen and oxygen atoms in total. The Morgan fingerprint density at radius 3 is 2.44 bits per heavy atom. The summed E-state index contributed by atoms with van der Waals surface area (Å²) in [5, 5.41) is 2.85. The zero-order valence-corrected chi connectivity index (χ0v) is 16.5. The highest BCUT2D eigenvalue weighted by Gasteiger charge is 2.11. The van der Waals surface area contributed by atoms with Gasteiger partial charge in [0.25, 0.3) is 0 Å². The summed E-state index contributed by atoms with van der Waals surface area (Å²) >= 11 is 3.09. The summed E-state index contributed by atoms with van der Waals surface area (Å²) < 4.78 is 0. The first-order valence-corrected chi connectivity index (χ1v) is 10.5. The fraction of sp³-hybridized carbons (Fsp3) is 0.0909. The first-order chi connectivity index (χ1) is 13.2.